The van der Waals surface area contributed by atoms with E-state index in [0.29, 0.717) is 26.3 Å². The predicted molar refractivity (Wildman–Crippen MR) is 122 cm³/mol. The van der Waals surface area contributed by atoms with Crippen LogP contribution in [-0.2, 0) is 17.8 Å². The van der Waals surface area contributed by atoms with Crippen molar-refractivity contribution in [3.8, 4) is 11.5 Å². The molecule has 0 radical (unpaired) electrons. The Morgan fingerprint density at radius 1 is 1.12 bits per heavy atom. The van der Waals surface area contributed by atoms with E-state index in [1.54, 1.807) is 12.5 Å². The van der Waals surface area contributed by atoms with Gasteiger partial charge in [0.15, 0.2) is 0 Å². The molecule has 170 valence electrons. The molecule has 2 aromatic carbocycles. The summed E-state index contributed by atoms with van der Waals surface area (Å²) in [5.74, 6) is 1.60. The normalized spacial score (nSPS) is 19.4. The fourth-order valence-corrected chi connectivity index (χ4v) is 3.82. The first-order valence-corrected chi connectivity index (χ1v) is 11.0. The highest BCUT2D eigenvalue weighted by Gasteiger charge is 2.33. The largest absolute Gasteiger partial charge is 0.492 e. The minimum Gasteiger partial charge on any atom is -0.492 e. The smallest absolute Gasteiger partial charge is 0.134 e. The van der Waals surface area contributed by atoms with Crippen molar-refractivity contribution in [3.05, 3.63) is 78.4 Å². The molecule has 1 atom stereocenters. The molecule has 1 N–H and O–H groups in total. The number of β-amino-alcohol motifs (C(OH)–C–C–N with tert-alkyl or cyclic N) is 1. The molecule has 1 saturated heterocycles. The van der Waals surface area contributed by atoms with Crippen molar-refractivity contribution >= 4 is 0 Å². The zero-order valence-electron chi connectivity index (χ0n) is 18.5. The summed E-state index contributed by atoms with van der Waals surface area (Å²) in [7, 11) is 0. The van der Waals surface area contributed by atoms with Crippen molar-refractivity contribution in [2.24, 2.45) is 0 Å². The number of aromatic nitrogens is 2. The Labute approximate surface area is 189 Å². The first-order chi connectivity index (χ1) is 15.6. The molecule has 32 heavy (non-hydrogen) atoms. The molecule has 0 aliphatic carbocycles. The van der Waals surface area contributed by atoms with Gasteiger partial charge in [0.25, 0.3) is 0 Å². The van der Waals surface area contributed by atoms with E-state index >= 15 is 0 Å². The maximum absolute atomic E-state index is 11.2. The van der Waals surface area contributed by atoms with Gasteiger partial charge in [0.2, 0.25) is 0 Å². The van der Waals surface area contributed by atoms with E-state index in [-0.39, 0.29) is 13.2 Å². The summed E-state index contributed by atoms with van der Waals surface area (Å²) in [5, 5.41) is 11.2. The number of benzene rings is 2. The molecule has 7 heteroatoms. The van der Waals surface area contributed by atoms with Crippen LogP contribution in [0.25, 0.3) is 0 Å². The number of imidazole rings is 1. The Balaban J connectivity index is 1.32. The number of aliphatic hydroxyl groups is 1. The first kappa shape index (κ1) is 22.3. The third-order valence-electron chi connectivity index (χ3n) is 5.42. The van der Waals surface area contributed by atoms with E-state index in [1.165, 1.54) is 0 Å². The van der Waals surface area contributed by atoms with Gasteiger partial charge in [-0.25, -0.2) is 4.98 Å². The van der Waals surface area contributed by atoms with Crippen molar-refractivity contribution in [2.45, 2.75) is 25.6 Å². The second kappa shape index (κ2) is 10.6. The van der Waals surface area contributed by atoms with E-state index in [9.17, 15) is 5.11 Å². The predicted octanol–water partition coefficient (Wildman–Crippen LogP) is 2.91. The molecule has 4 rings (SSSR count). The molecule has 1 fully saturated rings. The molecule has 1 aliphatic heterocycles. The Bertz CT molecular complexity index is 979. The van der Waals surface area contributed by atoms with Gasteiger partial charge in [-0.3, -0.25) is 4.90 Å². The molecule has 0 amide bonds. The average molecular weight is 438 g/mol. The number of hydrogen-bond acceptors (Lipinski definition) is 6. The highest BCUT2D eigenvalue weighted by Crippen LogP contribution is 2.20. The molecule has 0 bridgehead atoms. The zero-order valence-corrected chi connectivity index (χ0v) is 18.5. The lowest BCUT2D eigenvalue weighted by molar-refractivity contribution is -0.0646. The Hall–Kier alpha value is -2.87. The summed E-state index contributed by atoms with van der Waals surface area (Å²) in [6.07, 6.45) is 5.47. The molecular formula is C25H31N3O4. The number of rotatable bonds is 9. The molecule has 0 saturated carbocycles. The number of ether oxygens (including phenoxy) is 3. The van der Waals surface area contributed by atoms with Gasteiger partial charge in [-0.15, -0.1) is 0 Å². The van der Waals surface area contributed by atoms with Crippen molar-refractivity contribution in [1.82, 2.24) is 14.5 Å². The molecular weight excluding hydrogens is 406 g/mol. The molecule has 0 spiro atoms. The van der Waals surface area contributed by atoms with Crippen molar-refractivity contribution < 1.29 is 19.3 Å². The van der Waals surface area contributed by atoms with Crippen LogP contribution in [0.4, 0.5) is 0 Å². The third-order valence-corrected chi connectivity index (χ3v) is 5.42. The van der Waals surface area contributed by atoms with Crippen LogP contribution in [0.5, 0.6) is 11.5 Å². The number of nitrogens with zero attached hydrogens (tertiary/aromatic N) is 3. The summed E-state index contributed by atoms with van der Waals surface area (Å²) in [5.41, 5.74) is 1.19. The van der Waals surface area contributed by atoms with Gasteiger partial charge in [-0.1, -0.05) is 24.3 Å². The van der Waals surface area contributed by atoms with Gasteiger partial charge in [-0.2, -0.15) is 0 Å². The topological polar surface area (TPSA) is 69.0 Å². The van der Waals surface area contributed by atoms with E-state index < -0.39 is 5.60 Å². The van der Waals surface area contributed by atoms with Gasteiger partial charge in [-0.05, 0) is 42.3 Å². The lowest BCUT2D eigenvalue weighted by Crippen LogP contribution is -2.48. The summed E-state index contributed by atoms with van der Waals surface area (Å²) >= 11 is 0. The van der Waals surface area contributed by atoms with Crippen LogP contribution in [0.15, 0.2) is 67.3 Å². The molecule has 0 unspecified atom stereocenters. The fourth-order valence-electron chi connectivity index (χ4n) is 3.82. The van der Waals surface area contributed by atoms with Crippen molar-refractivity contribution in [1.29, 1.82) is 0 Å². The van der Waals surface area contributed by atoms with E-state index in [2.05, 4.69) is 22.0 Å². The third kappa shape index (κ3) is 6.56. The molecule has 2 heterocycles. The second-order valence-corrected chi connectivity index (χ2v) is 8.39. The van der Waals surface area contributed by atoms with Crippen LogP contribution in [0, 0.1) is 6.92 Å². The molecule has 3 aromatic rings. The highest BCUT2D eigenvalue weighted by molar-refractivity contribution is 5.29. The first-order valence-electron chi connectivity index (χ1n) is 11.0. The minimum absolute atomic E-state index is 0.185. The van der Waals surface area contributed by atoms with Crippen LogP contribution < -0.4 is 9.47 Å². The molecule has 7 nitrogen and oxygen atoms in total. The lowest BCUT2D eigenvalue weighted by atomic mass is 10.1. The van der Waals surface area contributed by atoms with Gasteiger partial charge in [0.05, 0.1) is 26.1 Å². The fraction of sp³-hybridized carbons (Fsp3) is 0.400. The minimum atomic E-state index is -1.07. The van der Waals surface area contributed by atoms with Gasteiger partial charge < -0.3 is 23.9 Å². The molecule has 1 aromatic heterocycles. The Morgan fingerprint density at radius 3 is 2.78 bits per heavy atom. The highest BCUT2D eigenvalue weighted by atomic mass is 16.5. The maximum atomic E-state index is 11.2. The van der Waals surface area contributed by atoms with Gasteiger partial charge in [0, 0.05) is 32.0 Å². The van der Waals surface area contributed by atoms with E-state index in [0.717, 1.165) is 35.7 Å². The summed E-state index contributed by atoms with van der Waals surface area (Å²) in [6, 6.07) is 16.0. The zero-order chi connectivity index (χ0) is 22.2. The van der Waals surface area contributed by atoms with E-state index in [4.69, 9.17) is 14.2 Å². The average Bonchev–Trinajstić information content (AvgIpc) is 3.22. The van der Waals surface area contributed by atoms with E-state index in [1.807, 2.05) is 54.1 Å². The van der Waals surface area contributed by atoms with Crippen LogP contribution in [0.3, 0.4) is 0 Å². The maximum Gasteiger partial charge on any atom is 0.134 e. The summed E-state index contributed by atoms with van der Waals surface area (Å²) in [6.45, 7) is 6.30. The van der Waals surface area contributed by atoms with Crippen molar-refractivity contribution in [2.75, 3.05) is 39.5 Å². The molecule has 1 aliphatic rings. The van der Waals surface area contributed by atoms with Crippen LogP contribution in [0.1, 0.15) is 11.1 Å². The second-order valence-electron chi connectivity index (χ2n) is 8.39. The number of aryl methyl sites for hydroxylation is 1. The standard InChI is InChI=1S/C25H31N3O4/c1-21-4-2-6-23(14-21)32-19-25(29)17-28(10-12-30-18-25)16-22-5-3-7-24(15-22)31-13-11-27-9-8-26-20-27/h2-9,14-15,20,29H,10-13,16-19H2,1H3/t25-/m1/s1. The lowest BCUT2D eigenvalue weighted by Gasteiger charge is -2.30. The van der Waals surface area contributed by atoms with Crippen LogP contribution in [-0.4, -0.2) is 64.7 Å². The summed E-state index contributed by atoms with van der Waals surface area (Å²) in [4.78, 5) is 6.25. The monoisotopic (exact) mass is 437 g/mol. The Morgan fingerprint density at radius 2 is 1.97 bits per heavy atom. The Kier molecular flexibility index (Phi) is 7.42. The quantitative estimate of drug-likeness (QED) is 0.555. The summed E-state index contributed by atoms with van der Waals surface area (Å²) < 4.78 is 19.5. The van der Waals surface area contributed by atoms with Crippen LogP contribution in [0.2, 0.25) is 0 Å². The van der Waals surface area contributed by atoms with Gasteiger partial charge >= 0.3 is 0 Å². The van der Waals surface area contributed by atoms with Gasteiger partial charge in [0.1, 0.15) is 30.3 Å². The SMILES string of the molecule is Cc1cccc(OC[C@]2(O)COCCN(Cc3cccc(OCCn4ccnc4)c3)C2)c1. The van der Waals surface area contributed by atoms with Crippen molar-refractivity contribution in [3.63, 3.8) is 0 Å². The number of hydrogen-bond donors (Lipinski definition) is 1. The van der Waals surface area contributed by atoms with Crippen LogP contribution >= 0.6 is 0 Å².